The van der Waals surface area contributed by atoms with Crippen LogP contribution in [0.15, 0.2) is 59.6 Å². The summed E-state index contributed by atoms with van der Waals surface area (Å²) in [6.45, 7) is 3.36. The third-order valence-corrected chi connectivity index (χ3v) is 5.79. The Balaban J connectivity index is 1.45. The molecule has 1 aliphatic heterocycles. The van der Waals surface area contributed by atoms with Crippen molar-refractivity contribution in [2.24, 2.45) is 0 Å². The highest BCUT2D eigenvalue weighted by Crippen LogP contribution is 2.31. The van der Waals surface area contributed by atoms with Crippen molar-refractivity contribution in [3.05, 3.63) is 65.9 Å². The van der Waals surface area contributed by atoms with Gasteiger partial charge in [-0.3, -0.25) is 9.21 Å². The number of hydrogen-bond donors (Lipinski definition) is 1. The molecule has 1 atom stereocenters. The number of para-hydroxylation sites is 1. The molecule has 25 heavy (non-hydrogen) atoms. The quantitative estimate of drug-likeness (QED) is 0.672. The van der Waals surface area contributed by atoms with Crippen LogP contribution in [0.3, 0.4) is 0 Å². The molecule has 0 radical (unpaired) electrons. The SMILES string of the molecule is CN(C)Sc1cccc(C2CCN(Cc3c[nH]c4ccccc34)C2)c1. The number of nitrogens with zero attached hydrogens (tertiary/aromatic N) is 2. The van der Waals surface area contributed by atoms with Crippen molar-refractivity contribution in [3.63, 3.8) is 0 Å². The molecule has 3 aromatic rings. The second kappa shape index (κ2) is 7.24. The van der Waals surface area contributed by atoms with Crippen molar-refractivity contribution in [1.29, 1.82) is 0 Å². The summed E-state index contributed by atoms with van der Waals surface area (Å²) in [5.41, 5.74) is 4.13. The van der Waals surface area contributed by atoms with Crippen molar-refractivity contribution in [3.8, 4) is 0 Å². The zero-order valence-corrected chi connectivity index (χ0v) is 15.7. The average Bonchev–Trinajstić information content (AvgIpc) is 3.23. The van der Waals surface area contributed by atoms with Gasteiger partial charge in [0.15, 0.2) is 0 Å². The summed E-state index contributed by atoms with van der Waals surface area (Å²) < 4.78 is 2.15. The number of benzene rings is 2. The smallest absolute Gasteiger partial charge is 0.0457 e. The highest BCUT2D eigenvalue weighted by Gasteiger charge is 2.24. The van der Waals surface area contributed by atoms with Gasteiger partial charge in [0.05, 0.1) is 0 Å². The van der Waals surface area contributed by atoms with Crippen LogP contribution in [0.1, 0.15) is 23.5 Å². The van der Waals surface area contributed by atoms with E-state index in [1.54, 1.807) is 11.9 Å². The summed E-state index contributed by atoms with van der Waals surface area (Å²) in [6, 6.07) is 17.6. The fourth-order valence-electron chi connectivity index (χ4n) is 3.79. The van der Waals surface area contributed by atoms with Crippen molar-refractivity contribution in [2.45, 2.75) is 23.8 Å². The van der Waals surface area contributed by atoms with E-state index in [0.29, 0.717) is 5.92 Å². The normalized spacial score (nSPS) is 18.4. The molecule has 1 N–H and O–H groups in total. The van der Waals surface area contributed by atoms with Gasteiger partial charge in [-0.15, -0.1) is 0 Å². The Morgan fingerprint density at radius 3 is 2.92 bits per heavy atom. The molecule has 2 heterocycles. The highest BCUT2D eigenvalue weighted by atomic mass is 32.2. The predicted octanol–water partition coefficient (Wildman–Crippen LogP) is 4.73. The summed E-state index contributed by atoms with van der Waals surface area (Å²) in [6.07, 6.45) is 3.42. The topological polar surface area (TPSA) is 22.3 Å². The molecule has 1 fully saturated rings. The molecule has 0 spiro atoms. The Bertz CT molecular complexity index is 855. The van der Waals surface area contributed by atoms with E-state index in [2.05, 4.69) is 83.0 Å². The van der Waals surface area contributed by atoms with Crippen LogP contribution in [-0.4, -0.2) is 41.4 Å². The van der Waals surface area contributed by atoms with Gasteiger partial charge in [-0.25, -0.2) is 0 Å². The third kappa shape index (κ3) is 3.76. The number of H-pyrrole nitrogens is 1. The van der Waals surface area contributed by atoms with Gasteiger partial charge in [-0.1, -0.05) is 30.3 Å². The molecule has 0 amide bonds. The number of hydrogen-bond acceptors (Lipinski definition) is 3. The molecular formula is C21H25N3S. The van der Waals surface area contributed by atoms with E-state index < -0.39 is 0 Å². The van der Waals surface area contributed by atoms with E-state index in [1.165, 1.54) is 39.9 Å². The summed E-state index contributed by atoms with van der Waals surface area (Å²) in [4.78, 5) is 7.32. The fraction of sp³-hybridized carbons (Fsp3) is 0.333. The molecule has 1 aliphatic rings. The fourth-order valence-corrected chi connectivity index (χ4v) is 4.54. The van der Waals surface area contributed by atoms with E-state index in [1.807, 2.05) is 0 Å². The van der Waals surface area contributed by atoms with Gasteiger partial charge < -0.3 is 4.98 Å². The maximum absolute atomic E-state index is 3.40. The van der Waals surface area contributed by atoms with Gasteiger partial charge >= 0.3 is 0 Å². The summed E-state index contributed by atoms with van der Waals surface area (Å²) in [5, 5.41) is 1.36. The van der Waals surface area contributed by atoms with Crippen LogP contribution in [0.5, 0.6) is 0 Å². The van der Waals surface area contributed by atoms with E-state index >= 15 is 0 Å². The van der Waals surface area contributed by atoms with Gasteiger partial charge in [0.25, 0.3) is 0 Å². The van der Waals surface area contributed by atoms with Gasteiger partial charge in [0, 0.05) is 35.1 Å². The van der Waals surface area contributed by atoms with E-state index in [0.717, 1.165) is 13.1 Å². The number of rotatable bonds is 5. The summed E-state index contributed by atoms with van der Waals surface area (Å²) in [7, 11) is 4.19. The van der Waals surface area contributed by atoms with E-state index in [9.17, 15) is 0 Å². The first-order valence-corrected chi connectivity index (χ1v) is 9.69. The maximum Gasteiger partial charge on any atom is 0.0457 e. The zero-order valence-electron chi connectivity index (χ0n) is 14.9. The number of aromatic amines is 1. The minimum absolute atomic E-state index is 0.646. The second-order valence-electron chi connectivity index (χ2n) is 7.06. The van der Waals surface area contributed by atoms with Gasteiger partial charge in [0.1, 0.15) is 0 Å². The Labute approximate surface area is 154 Å². The second-order valence-corrected chi connectivity index (χ2v) is 8.44. The van der Waals surface area contributed by atoms with Crippen LogP contribution in [0.2, 0.25) is 0 Å². The standard InChI is InChI=1S/C21H25N3S/c1-23(2)25-19-7-5-6-16(12-19)17-10-11-24(14-17)15-18-13-22-21-9-4-3-8-20(18)21/h3-9,12-13,17,22H,10-11,14-15H2,1-2H3. The lowest BCUT2D eigenvalue weighted by molar-refractivity contribution is 0.328. The number of nitrogens with one attached hydrogen (secondary N) is 1. The van der Waals surface area contributed by atoms with Gasteiger partial charge in [-0.2, -0.15) is 0 Å². The lowest BCUT2D eigenvalue weighted by Gasteiger charge is -2.16. The Morgan fingerprint density at radius 1 is 1.16 bits per heavy atom. The largest absolute Gasteiger partial charge is 0.361 e. The van der Waals surface area contributed by atoms with Crippen molar-refractivity contribution in [1.82, 2.24) is 14.2 Å². The van der Waals surface area contributed by atoms with Crippen LogP contribution < -0.4 is 0 Å². The third-order valence-electron chi connectivity index (χ3n) is 4.96. The van der Waals surface area contributed by atoms with Crippen molar-refractivity contribution in [2.75, 3.05) is 27.2 Å². The number of likely N-dealkylation sites (tertiary alicyclic amines) is 1. The molecular weight excluding hydrogens is 326 g/mol. The predicted molar refractivity (Wildman–Crippen MR) is 107 cm³/mol. The Hall–Kier alpha value is -1.75. The molecule has 0 saturated carbocycles. The molecule has 1 aromatic heterocycles. The Morgan fingerprint density at radius 2 is 2.04 bits per heavy atom. The molecule has 4 heteroatoms. The van der Waals surface area contributed by atoms with Gasteiger partial charge in [0.2, 0.25) is 0 Å². The molecule has 0 bridgehead atoms. The van der Waals surface area contributed by atoms with Crippen LogP contribution in [0.4, 0.5) is 0 Å². The van der Waals surface area contributed by atoms with Crippen LogP contribution >= 0.6 is 11.9 Å². The molecule has 3 nitrogen and oxygen atoms in total. The highest BCUT2D eigenvalue weighted by molar-refractivity contribution is 7.97. The first-order chi connectivity index (χ1) is 12.2. The molecule has 2 aromatic carbocycles. The summed E-state index contributed by atoms with van der Waals surface area (Å²) >= 11 is 1.79. The minimum Gasteiger partial charge on any atom is -0.361 e. The van der Waals surface area contributed by atoms with E-state index in [4.69, 9.17) is 0 Å². The summed E-state index contributed by atoms with van der Waals surface area (Å²) in [5.74, 6) is 0.646. The number of aromatic nitrogens is 1. The van der Waals surface area contributed by atoms with Crippen LogP contribution in [0, 0.1) is 0 Å². The molecule has 130 valence electrons. The molecule has 0 aliphatic carbocycles. The zero-order chi connectivity index (χ0) is 17.2. The maximum atomic E-state index is 3.40. The first kappa shape index (κ1) is 16.7. The average molecular weight is 352 g/mol. The minimum atomic E-state index is 0.646. The number of fused-ring (bicyclic) bond motifs is 1. The Kier molecular flexibility index (Phi) is 4.84. The van der Waals surface area contributed by atoms with Crippen LogP contribution in [-0.2, 0) is 6.54 Å². The van der Waals surface area contributed by atoms with Crippen molar-refractivity contribution < 1.29 is 0 Å². The molecule has 1 unspecified atom stereocenters. The first-order valence-electron chi connectivity index (χ1n) is 8.91. The molecule has 1 saturated heterocycles. The van der Waals surface area contributed by atoms with Crippen molar-refractivity contribution >= 4 is 22.9 Å². The van der Waals surface area contributed by atoms with Crippen LogP contribution in [0.25, 0.3) is 10.9 Å². The monoisotopic (exact) mass is 351 g/mol. The van der Waals surface area contributed by atoms with Gasteiger partial charge in [-0.05, 0) is 74.3 Å². The molecule has 4 rings (SSSR count). The lowest BCUT2D eigenvalue weighted by atomic mass is 9.99. The lowest BCUT2D eigenvalue weighted by Crippen LogP contribution is -2.19. The van der Waals surface area contributed by atoms with E-state index in [-0.39, 0.29) is 0 Å².